The highest BCUT2D eigenvalue weighted by atomic mass is 16.5. The number of carbonyl (C=O) groups is 1. The Labute approximate surface area is 99.7 Å². The van der Waals surface area contributed by atoms with Gasteiger partial charge in [0.05, 0.1) is 18.5 Å². The molecule has 0 saturated carbocycles. The number of esters is 1. The molecule has 0 bridgehead atoms. The van der Waals surface area contributed by atoms with Crippen molar-refractivity contribution >= 4 is 11.7 Å². The topological polar surface area (TPSA) is 75.0 Å². The first-order valence-electron chi connectivity index (χ1n) is 5.14. The highest BCUT2D eigenvalue weighted by Crippen LogP contribution is 2.06. The first-order chi connectivity index (χ1) is 8.17. The van der Waals surface area contributed by atoms with Gasteiger partial charge in [0.1, 0.15) is 6.07 Å². The van der Waals surface area contributed by atoms with Gasteiger partial charge in [-0.15, -0.1) is 0 Å². The fourth-order valence-corrected chi connectivity index (χ4v) is 1.05. The molecule has 0 aliphatic rings. The summed E-state index contributed by atoms with van der Waals surface area (Å²) in [6.07, 6.45) is 2.93. The third kappa shape index (κ3) is 3.95. The summed E-state index contributed by atoms with van der Waals surface area (Å²) >= 11 is 0. The van der Waals surface area contributed by atoms with E-state index in [4.69, 9.17) is 10.00 Å². The van der Waals surface area contributed by atoms with Crippen LogP contribution in [0.15, 0.2) is 30.1 Å². The summed E-state index contributed by atoms with van der Waals surface area (Å²) in [5, 5.41) is 11.6. The van der Waals surface area contributed by atoms with Gasteiger partial charge < -0.3 is 10.1 Å². The van der Waals surface area contributed by atoms with Crippen LogP contribution >= 0.6 is 0 Å². The Morgan fingerprint density at radius 2 is 2.41 bits per heavy atom. The Bertz CT molecular complexity index is 458. The molecule has 0 radical (unpaired) electrons. The maximum atomic E-state index is 11.3. The molecule has 5 nitrogen and oxygen atoms in total. The van der Waals surface area contributed by atoms with E-state index in [1.807, 2.05) is 13.0 Å². The van der Waals surface area contributed by atoms with Gasteiger partial charge in [-0.2, -0.15) is 5.26 Å². The van der Waals surface area contributed by atoms with Crippen LogP contribution in [0.2, 0.25) is 0 Å². The SMILES string of the molecule is CCOC(=O)/C(C#N)=C/Nc1ccc(C)nc1. The Kier molecular flexibility index (Phi) is 4.70. The van der Waals surface area contributed by atoms with Crippen molar-refractivity contribution in [3.63, 3.8) is 0 Å². The molecule has 88 valence electrons. The predicted molar refractivity (Wildman–Crippen MR) is 62.9 cm³/mol. The molecule has 0 aliphatic carbocycles. The zero-order valence-electron chi connectivity index (χ0n) is 9.73. The van der Waals surface area contributed by atoms with Crippen LogP contribution in [0.3, 0.4) is 0 Å². The largest absolute Gasteiger partial charge is 0.462 e. The molecule has 0 aliphatic heterocycles. The maximum Gasteiger partial charge on any atom is 0.350 e. The highest BCUT2D eigenvalue weighted by Gasteiger charge is 2.08. The van der Waals surface area contributed by atoms with Gasteiger partial charge >= 0.3 is 5.97 Å². The molecule has 0 aromatic carbocycles. The van der Waals surface area contributed by atoms with E-state index in [0.29, 0.717) is 5.69 Å². The average Bonchev–Trinajstić information content (AvgIpc) is 2.32. The third-order valence-corrected chi connectivity index (χ3v) is 1.91. The molecule has 0 amide bonds. The lowest BCUT2D eigenvalue weighted by molar-refractivity contribution is -0.138. The maximum absolute atomic E-state index is 11.3. The number of aromatic nitrogens is 1. The number of aryl methyl sites for hydroxylation is 1. The lowest BCUT2D eigenvalue weighted by Crippen LogP contribution is -2.07. The molecule has 0 atom stereocenters. The smallest absolute Gasteiger partial charge is 0.350 e. The van der Waals surface area contributed by atoms with Crippen molar-refractivity contribution in [1.29, 1.82) is 5.26 Å². The zero-order valence-corrected chi connectivity index (χ0v) is 9.73. The van der Waals surface area contributed by atoms with Crippen LogP contribution in [-0.2, 0) is 9.53 Å². The molecule has 0 unspecified atom stereocenters. The Morgan fingerprint density at radius 3 is 2.94 bits per heavy atom. The van der Waals surface area contributed by atoms with Crippen molar-refractivity contribution in [2.75, 3.05) is 11.9 Å². The van der Waals surface area contributed by atoms with Gasteiger partial charge in [-0.05, 0) is 26.0 Å². The standard InChI is InChI=1S/C12H13N3O2/c1-3-17-12(16)10(6-13)7-15-11-5-4-9(2)14-8-11/h4-5,7-8,15H,3H2,1-2H3/b10-7+. The average molecular weight is 231 g/mol. The molecule has 0 spiro atoms. The van der Waals surface area contributed by atoms with Crippen LogP contribution in [0, 0.1) is 18.3 Å². The molecule has 0 fully saturated rings. The number of pyridine rings is 1. The van der Waals surface area contributed by atoms with Crippen molar-refractivity contribution in [2.24, 2.45) is 0 Å². The van der Waals surface area contributed by atoms with Crippen molar-refractivity contribution in [3.8, 4) is 6.07 Å². The molecular formula is C12H13N3O2. The van der Waals surface area contributed by atoms with Gasteiger partial charge in [0.15, 0.2) is 5.57 Å². The number of anilines is 1. The molecule has 1 heterocycles. The number of nitrogens with one attached hydrogen (secondary N) is 1. The minimum absolute atomic E-state index is 0.0765. The lowest BCUT2D eigenvalue weighted by Gasteiger charge is -2.02. The van der Waals surface area contributed by atoms with Gasteiger partial charge in [0.2, 0.25) is 0 Å². The second-order valence-electron chi connectivity index (χ2n) is 3.22. The molecule has 1 aromatic rings. The van der Waals surface area contributed by atoms with Gasteiger partial charge in [0, 0.05) is 11.9 Å². The van der Waals surface area contributed by atoms with E-state index >= 15 is 0 Å². The van der Waals surface area contributed by atoms with E-state index in [9.17, 15) is 4.79 Å². The van der Waals surface area contributed by atoms with Crippen molar-refractivity contribution in [2.45, 2.75) is 13.8 Å². The fourth-order valence-electron chi connectivity index (χ4n) is 1.05. The van der Waals surface area contributed by atoms with E-state index in [-0.39, 0.29) is 12.2 Å². The first-order valence-corrected chi connectivity index (χ1v) is 5.14. The number of hydrogen-bond acceptors (Lipinski definition) is 5. The Balaban J connectivity index is 2.71. The second-order valence-corrected chi connectivity index (χ2v) is 3.22. The Hall–Kier alpha value is -2.35. The highest BCUT2D eigenvalue weighted by molar-refractivity contribution is 5.93. The summed E-state index contributed by atoms with van der Waals surface area (Å²) in [6.45, 7) is 3.80. The summed E-state index contributed by atoms with van der Waals surface area (Å²) in [7, 11) is 0. The molecule has 1 rings (SSSR count). The summed E-state index contributed by atoms with van der Waals surface area (Å²) in [6, 6.07) is 5.40. The van der Waals surface area contributed by atoms with Crippen LogP contribution in [0.4, 0.5) is 5.69 Å². The number of ether oxygens (including phenoxy) is 1. The van der Waals surface area contributed by atoms with Crippen molar-refractivity contribution in [1.82, 2.24) is 4.98 Å². The van der Waals surface area contributed by atoms with E-state index in [0.717, 1.165) is 5.69 Å². The van der Waals surface area contributed by atoms with E-state index in [2.05, 4.69) is 10.3 Å². The Morgan fingerprint density at radius 1 is 1.65 bits per heavy atom. The summed E-state index contributed by atoms with van der Waals surface area (Å²) < 4.78 is 4.72. The number of hydrogen-bond donors (Lipinski definition) is 1. The zero-order chi connectivity index (χ0) is 12.7. The summed E-state index contributed by atoms with van der Waals surface area (Å²) in [5.74, 6) is -0.637. The molecular weight excluding hydrogens is 218 g/mol. The first kappa shape index (κ1) is 12.7. The molecule has 1 N–H and O–H groups in total. The van der Waals surface area contributed by atoms with E-state index < -0.39 is 5.97 Å². The number of rotatable bonds is 4. The molecule has 5 heteroatoms. The van der Waals surface area contributed by atoms with Crippen LogP contribution in [0.5, 0.6) is 0 Å². The third-order valence-electron chi connectivity index (χ3n) is 1.91. The van der Waals surface area contributed by atoms with Gasteiger partial charge in [0.25, 0.3) is 0 Å². The number of nitrogens with zero attached hydrogens (tertiary/aromatic N) is 2. The lowest BCUT2D eigenvalue weighted by atomic mass is 10.3. The predicted octanol–water partition coefficient (Wildman–Crippen LogP) is 1.77. The van der Waals surface area contributed by atoms with E-state index in [1.165, 1.54) is 6.20 Å². The van der Waals surface area contributed by atoms with Crippen LogP contribution < -0.4 is 5.32 Å². The monoisotopic (exact) mass is 231 g/mol. The van der Waals surface area contributed by atoms with Gasteiger partial charge in [-0.25, -0.2) is 4.79 Å². The quantitative estimate of drug-likeness (QED) is 0.485. The second kappa shape index (κ2) is 6.28. The molecule has 0 saturated heterocycles. The van der Waals surface area contributed by atoms with Crippen LogP contribution in [0.25, 0.3) is 0 Å². The van der Waals surface area contributed by atoms with E-state index in [1.54, 1.807) is 25.3 Å². The number of nitriles is 1. The van der Waals surface area contributed by atoms with Crippen molar-refractivity contribution < 1.29 is 9.53 Å². The van der Waals surface area contributed by atoms with Crippen LogP contribution in [0.1, 0.15) is 12.6 Å². The van der Waals surface area contributed by atoms with Gasteiger partial charge in [-0.1, -0.05) is 0 Å². The summed E-state index contributed by atoms with van der Waals surface area (Å²) in [4.78, 5) is 15.4. The minimum Gasteiger partial charge on any atom is -0.462 e. The fraction of sp³-hybridized carbons (Fsp3) is 0.250. The molecule has 17 heavy (non-hydrogen) atoms. The van der Waals surface area contributed by atoms with Crippen LogP contribution in [-0.4, -0.2) is 17.6 Å². The minimum atomic E-state index is -0.637. The van der Waals surface area contributed by atoms with Gasteiger partial charge in [-0.3, -0.25) is 4.98 Å². The van der Waals surface area contributed by atoms with Crippen molar-refractivity contribution in [3.05, 3.63) is 35.8 Å². The summed E-state index contributed by atoms with van der Waals surface area (Å²) in [5.41, 5.74) is 1.52. The number of carbonyl (C=O) groups excluding carboxylic acids is 1. The normalized spacial score (nSPS) is 10.5. The molecule has 1 aromatic heterocycles.